The van der Waals surface area contributed by atoms with E-state index in [1.165, 1.54) is 37.3 Å². The maximum absolute atomic E-state index is 12.9. The summed E-state index contributed by atoms with van der Waals surface area (Å²) >= 11 is 5.78. The Morgan fingerprint density at radius 3 is 2.40 bits per heavy atom. The second kappa shape index (κ2) is 7.98. The Kier molecular flexibility index (Phi) is 5.98. The predicted octanol–water partition coefficient (Wildman–Crippen LogP) is 3.48. The van der Waals surface area contributed by atoms with E-state index in [4.69, 9.17) is 22.1 Å². The SMILES string of the molecule is CC(OC(=O)c1ccc(Cl)cc1N)C(=O)NC(C)c1ccc(F)cc1. The van der Waals surface area contributed by atoms with Crippen LogP contribution < -0.4 is 11.1 Å². The third kappa shape index (κ3) is 4.93. The van der Waals surface area contributed by atoms with E-state index in [0.29, 0.717) is 5.02 Å². The Balaban J connectivity index is 1.97. The van der Waals surface area contributed by atoms with Crippen LogP contribution in [0.5, 0.6) is 0 Å². The average molecular weight is 365 g/mol. The zero-order chi connectivity index (χ0) is 18.6. The molecule has 2 unspecified atom stereocenters. The number of ether oxygens (including phenoxy) is 1. The molecule has 2 aromatic rings. The van der Waals surface area contributed by atoms with Crippen LogP contribution in [-0.4, -0.2) is 18.0 Å². The highest BCUT2D eigenvalue weighted by Gasteiger charge is 2.22. The van der Waals surface area contributed by atoms with E-state index in [1.54, 1.807) is 19.1 Å². The van der Waals surface area contributed by atoms with Gasteiger partial charge in [-0.05, 0) is 49.7 Å². The van der Waals surface area contributed by atoms with E-state index in [1.807, 2.05) is 0 Å². The molecule has 0 aromatic heterocycles. The highest BCUT2D eigenvalue weighted by Crippen LogP contribution is 2.19. The van der Waals surface area contributed by atoms with E-state index in [0.717, 1.165) is 5.56 Å². The Hall–Kier alpha value is -2.60. The zero-order valence-corrected chi connectivity index (χ0v) is 14.5. The molecule has 25 heavy (non-hydrogen) atoms. The van der Waals surface area contributed by atoms with Gasteiger partial charge in [0.1, 0.15) is 5.82 Å². The maximum Gasteiger partial charge on any atom is 0.341 e. The first kappa shape index (κ1) is 18.7. The zero-order valence-electron chi connectivity index (χ0n) is 13.8. The number of nitrogens with one attached hydrogen (secondary N) is 1. The fourth-order valence-electron chi connectivity index (χ4n) is 2.16. The molecule has 7 heteroatoms. The highest BCUT2D eigenvalue weighted by atomic mass is 35.5. The van der Waals surface area contributed by atoms with Gasteiger partial charge < -0.3 is 15.8 Å². The summed E-state index contributed by atoms with van der Waals surface area (Å²) in [5.74, 6) is -1.55. The fraction of sp³-hybridized carbons (Fsp3) is 0.222. The lowest BCUT2D eigenvalue weighted by Crippen LogP contribution is -2.37. The lowest BCUT2D eigenvalue weighted by Gasteiger charge is -2.18. The molecule has 0 radical (unpaired) electrons. The van der Waals surface area contributed by atoms with Gasteiger partial charge in [0.2, 0.25) is 0 Å². The number of carbonyl (C=O) groups excluding carboxylic acids is 2. The summed E-state index contributed by atoms with van der Waals surface area (Å²) in [6.07, 6.45) is -1.02. The minimum absolute atomic E-state index is 0.135. The van der Waals surface area contributed by atoms with Crippen LogP contribution in [0.15, 0.2) is 42.5 Å². The van der Waals surface area contributed by atoms with Crippen molar-refractivity contribution in [3.63, 3.8) is 0 Å². The summed E-state index contributed by atoms with van der Waals surface area (Å²) in [6.45, 7) is 3.20. The van der Waals surface area contributed by atoms with Crippen molar-refractivity contribution in [2.75, 3.05) is 5.73 Å². The van der Waals surface area contributed by atoms with Crippen LogP contribution in [-0.2, 0) is 9.53 Å². The van der Waals surface area contributed by atoms with Gasteiger partial charge in [0.05, 0.1) is 11.6 Å². The predicted molar refractivity (Wildman–Crippen MR) is 93.7 cm³/mol. The standard InChI is InChI=1S/C18H18ClFN2O3/c1-10(12-3-6-14(20)7-4-12)22-17(23)11(2)25-18(24)15-8-5-13(19)9-16(15)21/h3-11H,21H2,1-2H3,(H,22,23). The molecule has 5 nitrogen and oxygen atoms in total. The number of amides is 1. The number of anilines is 1. The van der Waals surface area contributed by atoms with E-state index < -0.39 is 18.0 Å². The molecule has 3 N–H and O–H groups in total. The van der Waals surface area contributed by atoms with E-state index in [-0.39, 0.29) is 23.1 Å². The molecule has 0 heterocycles. The number of esters is 1. The quantitative estimate of drug-likeness (QED) is 0.628. The molecule has 0 aliphatic heterocycles. The summed E-state index contributed by atoms with van der Waals surface area (Å²) in [7, 11) is 0. The summed E-state index contributed by atoms with van der Waals surface area (Å²) in [4.78, 5) is 24.3. The molecular weight excluding hydrogens is 347 g/mol. The Labute approximate surface area is 149 Å². The van der Waals surface area contributed by atoms with Gasteiger partial charge in [-0.1, -0.05) is 23.7 Å². The molecule has 0 saturated carbocycles. The molecule has 0 spiro atoms. The van der Waals surface area contributed by atoms with Crippen LogP contribution in [0.4, 0.5) is 10.1 Å². The number of benzene rings is 2. The van der Waals surface area contributed by atoms with Crippen molar-refractivity contribution in [2.24, 2.45) is 0 Å². The second-order valence-corrected chi connectivity index (χ2v) is 6.00. The first-order chi connectivity index (χ1) is 11.8. The van der Waals surface area contributed by atoms with Crippen molar-refractivity contribution in [3.05, 3.63) is 64.4 Å². The fourth-order valence-corrected chi connectivity index (χ4v) is 2.34. The van der Waals surface area contributed by atoms with Gasteiger partial charge in [0.15, 0.2) is 6.10 Å². The number of nitrogen functional groups attached to an aromatic ring is 1. The van der Waals surface area contributed by atoms with E-state index >= 15 is 0 Å². The van der Waals surface area contributed by atoms with Crippen LogP contribution in [0.25, 0.3) is 0 Å². The first-order valence-corrected chi connectivity index (χ1v) is 7.97. The number of halogens is 2. The second-order valence-electron chi connectivity index (χ2n) is 5.56. The molecule has 2 atom stereocenters. The lowest BCUT2D eigenvalue weighted by molar-refractivity contribution is -0.129. The molecule has 0 bridgehead atoms. The largest absolute Gasteiger partial charge is 0.449 e. The summed E-state index contributed by atoms with van der Waals surface area (Å²) in [5, 5.41) is 3.10. The monoisotopic (exact) mass is 364 g/mol. The van der Waals surface area contributed by atoms with Gasteiger partial charge >= 0.3 is 5.97 Å². The molecule has 2 rings (SSSR count). The molecule has 0 saturated heterocycles. The number of nitrogens with two attached hydrogens (primary N) is 1. The van der Waals surface area contributed by atoms with Gasteiger partial charge in [0, 0.05) is 10.7 Å². The van der Waals surface area contributed by atoms with Crippen LogP contribution in [0.2, 0.25) is 5.02 Å². The molecule has 0 aliphatic carbocycles. The topological polar surface area (TPSA) is 81.4 Å². The van der Waals surface area contributed by atoms with Gasteiger partial charge in [-0.2, -0.15) is 0 Å². The summed E-state index contributed by atoms with van der Waals surface area (Å²) in [5.41, 5.74) is 6.76. The van der Waals surface area contributed by atoms with Gasteiger partial charge in [0.25, 0.3) is 5.91 Å². The van der Waals surface area contributed by atoms with Crippen molar-refractivity contribution in [1.29, 1.82) is 0 Å². The van der Waals surface area contributed by atoms with Crippen molar-refractivity contribution in [3.8, 4) is 0 Å². The van der Waals surface area contributed by atoms with E-state index in [9.17, 15) is 14.0 Å². The van der Waals surface area contributed by atoms with Crippen molar-refractivity contribution in [1.82, 2.24) is 5.32 Å². The van der Waals surface area contributed by atoms with Gasteiger partial charge in [-0.3, -0.25) is 4.79 Å². The van der Waals surface area contributed by atoms with Crippen molar-refractivity contribution >= 4 is 29.2 Å². The first-order valence-electron chi connectivity index (χ1n) is 7.59. The number of rotatable bonds is 5. The van der Waals surface area contributed by atoms with Gasteiger partial charge in [-0.15, -0.1) is 0 Å². The molecule has 132 valence electrons. The summed E-state index contributed by atoms with van der Waals surface area (Å²) in [6, 6.07) is 9.78. The van der Waals surface area contributed by atoms with Crippen LogP contribution >= 0.6 is 11.6 Å². The average Bonchev–Trinajstić information content (AvgIpc) is 2.55. The molecule has 2 aromatic carbocycles. The van der Waals surface area contributed by atoms with Crippen molar-refractivity contribution in [2.45, 2.75) is 26.0 Å². The number of hydrogen-bond donors (Lipinski definition) is 2. The summed E-state index contributed by atoms with van der Waals surface area (Å²) < 4.78 is 18.1. The minimum Gasteiger partial charge on any atom is -0.449 e. The van der Waals surface area contributed by atoms with E-state index in [2.05, 4.69) is 5.32 Å². The Morgan fingerprint density at radius 1 is 1.16 bits per heavy atom. The van der Waals surface area contributed by atoms with Crippen LogP contribution in [0.1, 0.15) is 35.8 Å². The third-order valence-corrected chi connectivity index (χ3v) is 3.85. The number of hydrogen-bond acceptors (Lipinski definition) is 4. The number of carbonyl (C=O) groups is 2. The maximum atomic E-state index is 12.9. The molecular formula is C18H18ClFN2O3. The molecule has 0 aliphatic rings. The molecule has 1 amide bonds. The van der Waals surface area contributed by atoms with Crippen molar-refractivity contribution < 1.29 is 18.7 Å². The smallest absolute Gasteiger partial charge is 0.341 e. The van der Waals surface area contributed by atoms with Gasteiger partial charge in [-0.25, -0.2) is 9.18 Å². The highest BCUT2D eigenvalue weighted by molar-refractivity contribution is 6.31. The molecule has 0 fully saturated rings. The Bertz CT molecular complexity index is 780. The van der Waals surface area contributed by atoms with Crippen LogP contribution in [0, 0.1) is 5.82 Å². The lowest BCUT2D eigenvalue weighted by atomic mass is 10.1. The third-order valence-electron chi connectivity index (χ3n) is 3.62. The Morgan fingerprint density at radius 2 is 1.80 bits per heavy atom. The normalized spacial score (nSPS) is 13.0. The van der Waals surface area contributed by atoms with Crippen LogP contribution in [0.3, 0.4) is 0 Å². The minimum atomic E-state index is -1.02.